The minimum absolute atomic E-state index is 0.550. The van der Waals surface area contributed by atoms with Crippen molar-refractivity contribution in [1.82, 2.24) is 0 Å². The Morgan fingerprint density at radius 3 is 0.846 bits per heavy atom. The Hall–Kier alpha value is 0.410. The van der Waals surface area contributed by atoms with Gasteiger partial charge in [0.05, 0.1) is 99.1 Å². The normalized spacial score (nSPS) is 11.3. The van der Waals surface area contributed by atoms with Crippen molar-refractivity contribution in [2.75, 3.05) is 111 Å². The third-order valence-corrected chi connectivity index (χ3v) is 3.33. The molecule has 0 amide bonds. The van der Waals surface area contributed by atoms with Crippen LogP contribution in [0, 0.1) is 0 Å². The second kappa shape index (κ2) is 25.4. The van der Waals surface area contributed by atoms with Crippen LogP contribution in [0.4, 0.5) is 0 Å². The monoisotopic (exact) mass is 494 g/mol. The molecule has 0 heterocycles. The van der Waals surface area contributed by atoms with Gasteiger partial charge < -0.3 is 37.9 Å². The third kappa shape index (κ3) is 24.4. The Kier molecular flexibility index (Phi) is 25.8. The Balaban J connectivity index is 2.95. The fourth-order valence-electron chi connectivity index (χ4n) is 1.62. The Bertz CT molecular complexity index is 225. The zero-order valence-electron chi connectivity index (χ0n) is 16.0. The van der Waals surface area contributed by atoms with E-state index in [1.807, 2.05) is 0 Å². The first-order chi connectivity index (χ1) is 12.9. The Morgan fingerprint density at radius 1 is 0.385 bits per heavy atom. The van der Waals surface area contributed by atoms with Crippen molar-refractivity contribution in [3.8, 4) is 0 Å². The van der Waals surface area contributed by atoms with Crippen LogP contribution in [0.5, 0.6) is 0 Å². The lowest BCUT2D eigenvalue weighted by Gasteiger charge is -2.08. The highest BCUT2D eigenvalue weighted by molar-refractivity contribution is 14.1. The van der Waals surface area contributed by atoms with E-state index in [4.69, 9.17) is 37.9 Å². The van der Waals surface area contributed by atoms with Crippen LogP contribution in [-0.2, 0) is 37.9 Å². The number of methoxy groups -OCH3 is 1. The molecule has 0 fully saturated rings. The maximum absolute atomic E-state index is 5.40. The predicted octanol–water partition coefficient (Wildman–Crippen LogP) is 1.18. The SMILES string of the molecule is COCCOCCOCCOCCOCCOCCOCCOCCI. The van der Waals surface area contributed by atoms with Crippen LogP contribution in [0.3, 0.4) is 0 Å². The standard InChI is InChI=1S/C17H35IO8/c1-19-4-5-21-8-9-23-12-13-25-16-17-26-15-14-24-11-10-22-7-6-20-3-2-18/h2-17H2,1H3. The lowest BCUT2D eigenvalue weighted by Crippen LogP contribution is -2.14. The van der Waals surface area contributed by atoms with Gasteiger partial charge in [0, 0.05) is 11.5 Å². The number of hydrogen-bond donors (Lipinski definition) is 0. The van der Waals surface area contributed by atoms with Crippen molar-refractivity contribution >= 4 is 22.6 Å². The van der Waals surface area contributed by atoms with Crippen molar-refractivity contribution in [3.05, 3.63) is 0 Å². The second-order valence-corrected chi connectivity index (χ2v) is 6.05. The molecule has 0 saturated heterocycles. The van der Waals surface area contributed by atoms with E-state index in [1.54, 1.807) is 7.11 Å². The predicted molar refractivity (Wildman–Crippen MR) is 106 cm³/mol. The van der Waals surface area contributed by atoms with Gasteiger partial charge in [-0.25, -0.2) is 0 Å². The number of hydrogen-bond acceptors (Lipinski definition) is 8. The molecule has 8 nitrogen and oxygen atoms in total. The first-order valence-corrected chi connectivity index (χ1v) is 10.5. The van der Waals surface area contributed by atoms with Gasteiger partial charge in [0.2, 0.25) is 0 Å². The summed E-state index contributed by atoms with van der Waals surface area (Å²) >= 11 is 2.28. The van der Waals surface area contributed by atoms with E-state index in [1.165, 1.54) is 0 Å². The van der Waals surface area contributed by atoms with Gasteiger partial charge in [-0.3, -0.25) is 0 Å². The van der Waals surface area contributed by atoms with Gasteiger partial charge in [0.1, 0.15) is 0 Å². The lowest BCUT2D eigenvalue weighted by atomic mass is 10.6. The highest BCUT2D eigenvalue weighted by Crippen LogP contribution is 1.86. The summed E-state index contributed by atoms with van der Waals surface area (Å²) in [5.41, 5.74) is 0. The molecule has 0 atom stereocenters. The molecular formula is C17H35IO8. The first-order valence-electron chi connectivity index (χ1n) is 9.01. The Morgan fingerprint density at radius 2 is 0.615 bits per heavy atom. The van der Waals surface area contributed by atoms with Gasteiger partial charge in [0.25, 0.3) is 0 Å². The van der Waals surface area contributed by atoms with Crippen LogP contribution in [0.1, 0.15) is 0 Å². The fourth-order valence-corrected chi connectivity index (χ4v) is 1.93. The van der Waals surface area contributed by atoms with Crippen LogP contribution < -0.4 is 0 Å². The average Bonchev–Trinajstić information content (AvgIpc) is 2.66. The summed E-state index contributed by atoms with van der Waals surface area (Å²) in [5, 5.41) is 0. The topological polar surface area (TPSA) is 73.8 Å². The van der Waals surface area contributed by atoms with Crippen LogP contribution in [0.2, 0.25) is 0 Å². The highest BCUT2D eigenvalue weighted by atomic mass is 127. The van der Waals surface area contributed by atoms with Crippen LogP contribution >= 0.6 is 22.6 Å². The summed E-state index contributed by atoms with van der Waals surface area (Å²) in [6.45, 7) is 8.83. The first kappa shape index (κ1) is 26.4. The second-order valence-electron chi connectivity index (χ2n) is 4.97. The van der Waals surface area contributed by atoms with Crippen LogP contribution in [0.15, 0.2) is 0 Å². The van der Waals surface area contributed by atoms with Gasteiger partial charge >= 0.3 is 0 Å². The van der Waals surface area contributed by atoms with Gasteiger partial charge in [-0.1, -0.05) is 22.6 Å². The van der Waals surface area contributed by atoms with Crippen LogP contribution in [0.25, 0.3) is 0 Å². The molecule has 0 aliphatic heterocycles. The van der Waals surface area contributed by atoms with E-state index < -0.39 is 0 Å². The molecule has 0 spiro atoms. The van der Waals surface area contributed by atoms with Crippen molar-refractivity contribution in [2.45, 2.75) is 0 Å². The van der Waals surface area contributed by atoms with Gasteiger partial charge in [0.15, 0.2) is 0 Å². The maximum atomic E-state index is 5.40. The smallest absolute Gasteiger partial charge is 0.0701 e. The maximum Gasteiger partial charge on any atom is 0.0701 e. The molecule has 0 aromatic heterocycles. The van der Waals surface area contributed by atoms with Crippen LogP contribution in [-0.4, -0.2) is 111 Å². The minimum atomic E-state index is 0.550. The van der Waals surface area contributed by atoms with Crippen molar-refractivity contribution in [2.24, 2.45) is 0 Å². The van der Waals surface area contributed by atoms with E-state index in [0.717, 1.165) is 11.0 Å². The molecule has 158 valence electrons. The largest absolute Gasteiger partial charge is 0.382 e. The van der Waals surface area contributed by atoms with Crippen molar-refractivity contribution in [3.63, 3.8) is 0 Å². The molecule has 0 aromatic carbocycles. The molecule has 0 N–H and O–H groups in total. The molecule has 0 unspecified atom stereocenters. The van der Waals surface area contributed by atoms with E-state index >= 15 is 0 Å². The number of rotatable bonds is 23. The molecule has 0 radical (unpaired) electrons. The van der Waals surface area contributed by atoms with E-state index in [-0.39, 0.29) is 0 Å². The average molecular weight is 494 g/mol. The molecule has 0 aliphatic rings. The zero-order chi connectivity index (χ0) is 19.0. The summed E-state index contributed by atoms with van der Waals surface area (Å²) < 4.78 is 43.4. The highest BCUT2D eigenvalue weighted by Gasteiger charge is 1.94. The van der Waals surface area contributed by atoms with Gasteiger partial charge in [-0.05, 0) is 0 Å². The summed E-state index contributed by atoms with van der Waals surface area (Å²) in [5.74, 6) is 0. The van der Waals surface area contributed by atoms with Gasteiger partial charge in [-0.2, -0.15) is 0 Å². The molecule has 0 aromatic rings. The molecule has 0 saturated carbocycles. The summed E-state index contributed by atoms with van der Waals surface area (Å²) in [4.78, 5) is 0. The minimum Gasteiger partial charge on any atom is -0.382 e. The quantitative estimate of drug-likeness (QED) is 0.119. The Labute approximate surface area is 171 Å². The molecular weight excluding hydrogens is 459 g/mol. The lowest BCUT2D eigenvalue weighted by molar-refractivity contribution is -0.0217. The summed E-state index contributed by atoms with van der Waals surface area (Å²) in [6.07, 6.45) is 0. The van der Waals surface area contributed by atoms with Crippen molar-refractivity contribution < 1.29 is 37.9 Å². The fraction of sp³-hybridized carbons (Fsp3) is 1.00. The zero-order valence-corrected chi connectivity index (χ0v) is 18.1. The summed E-state index contributed by atoms with van der Waals surface area (Å²) in [6, 6.07) is 0. The van der Waals surface area contributed by atoms with Gasteiger partial charge in [-0.15, -0.1) is 0 Å². The number of halogens is 1. The molecule has 0 bridgehead atoms. The summed E-state index contributed by atoms with van der Waals surface area (Å²) in [7, 11) is 1.65. The number of alkyl halides is 1. The number of ether oxygens (including phenoxy) is 8. The third-order valence-electron chi connectivity index (χ3n) is 2.89. The van der Waals surface area contributed by atoms with Crippen molar-refractivity contribution in [1.29, 1.82) is 0 Å². The van der Waals surface area contributed by atoms with E-state index in [9.17, 15) is 0 Å². The van der Waals surface area contributed by atoms with E-state index in [2.05, 4.69) is 22.6 Å². The molecule has 9 heteroatoms. The van der Waals surface area contributed by atoms with E-state index in [0.29, 0.717) is 92.5 Å². The molecule has 26 heavy (non-hydrogen) atoms. The molecule has 0 aliphatic carbocycles. The molecule has 0 rings (SSSR count).